The Kier molecular flexibility index (Phi) is 4.29. The summed E-state index contributed by atoms with van der Waals surface area (Å²) in [4.78, 5) is 22.3. The largest absolute Gasteiger partial charge is 0.481 e. The predicted molar refractivity (Wildman–Crippen MR) is 59.6 cm³/mol. The first-order valence-corrected chi connectivity index (χ1v) is 5.75. The zero-order valence-corrected chi connectivity index (χ0v) is 10.1. The Bertz CT molecular complexity index is 270. The molecular weight excluding hydrogens is 208 g/mol. The molecule has 0 aromatic rings. The molecule has 2 N–H and O–H groups in total. The number of carbonyl (C=O) groups excluding carboxylic acids is 1. The van der Waals surface area contributed by atoms with Crippen LogP contribution in [0.25, 0.3) is 0 Å². The molecule has 5 heteroatoms. The molecule has 92 valence electrons. The first-order valence-electron chi connectivity index (χ1n) is 5.75. The van der Waals surface area contributed by atoms with E-state index in [9.17, 15) is 9.59 Å². The minimum Gasteiger partial charge on any atom is -0.481 e. The summed E-state index contributed by atoms with van der Waals surface area (Å²) >= 11 is 0. The van der Waals surface area contributed by atoms with Crippen molar-refractivity contribution in [3.63, 3.8) is 0 Å². The normalized spacial score (nSPS) is 28.4. The average Bonchev–Trinajstić information content (AvgIpc) is 2.22. The van der Waals surface area contributed by atoms with Crippen molar-refractivity contribution in [1.29, 1.82) is 0 Å². The molecule has 1 aliphatic rings. The van der Waals surface area contributed by atoms with Crippen molar-refractivity contribution < 1.29 is 14.7 Å². The fourth-order valence-electron chi connectivity index (χ4n) is 1.98. The van der Waals surface area contributed by atoms with Crippen LogP contribution in [0.4, 0.5) is 0 Å². The quantitative estimate of drug-likeness (QED) is 0.707. The summed E-state index contributed by atoms with van der Waals surface area (Å²) in [6, 6.07) is 0.544. The molecule has 3 atom stereocenters. The highest BCUT2D eigenvalue weighted by atomic mass is 16.4. The Balaban J connectivity index is 2.57. The molecular formula is C11H20N2O3. The van der Waals surface area contributed by atoms with Crippen LogP contribution in [-0.2, 0) is 9.59 Å². The van der Waals surface area contributed by atoms with Gasteiger partial charge in [-0.1, -0.05) is 6.42 Å². The van der Waals surface area contributed by atoms with E-state index in [0.717, 1.165) is 19.3 Å². The number of aliphatic carboxylic acids is 1. The lowest BCUT2D eigenvalue weighted by molar-refractivity contribution is -0.149. The zero-order valence-electron chi connectivity index (χ0n) is 10.1. The molecule has 16 heavy (non-hydrogen) atoms. The van der Waals surface area contributed by atoms with E-state index in [0.29, 0.717) is 0 Å². The van der Waals surface area contributed by atoms with Crippen molar-refractivity contribution in [3.8, 4) is 0 Å². The van der Waals surface area contributed by atoms with Gasteiger partial charge in [0.1, 0.15) is 5.92 Å². The lowest BCUT2D eigenvalue weighted by Crippen LogP contribution is -2.55. The number of hydrogen-bond donors (Lipinski definition) is 2. The smallest absolute Gasteiger partial charge is 0.315 e. The Morgan fingerprint density at radius 3 is 2.25 bits per heavy atom. The van der Waals surface area contributed by atoms with Crippen LogP contribution in [0, 0.1) is 5.92 Å². The molecule has 0 aromatic heterocycles. The molecule has 1 heterocycles. The fourth-order valence-corrected chi connectivity index (χ4v) is 1.98. The number of carbonyl (C=O) groups is 2. The highest BCUT2D eigenvalue weighted by Crippen LogP contribution is 2.20. The standard InChI is InChI=1S/C11H20N2O3/c1-7-5-4-6-8(2)13(7)12-10(14)9(3)11(15)16/h7-9H,4-6H2,1-3H3,(H,12,14)(H,15,16). The van der Waals surface area contributed by atoms with E-state index in [2.05, 4.69) is 5.43 Å². The van der Waals surface area contributed by atoms with Gasteiger partial charge in [-0.3, -0.25) is 15.0 Å². The van der Waals surface area contributed by atoms with Crippen LogP contribution >= 0.6 is 0 Å². The maximum atomic E-state index is 11.6. The maximum absolute atomic E-state index is 11.6. The van der Waals surface area contributed by atoms with Crippen LogP contribution in [0.1, 0.15) is 40.0 Å². The van der Waals surface area contributed by atoms with Gasteiger partial charge in [-0.15, -0.1) is 0 Å². The van der Waals surface area contributed by atoms with Crippen molar-refractivity contribution in [1.82, 2.24) is 10.4 Å². The SMILES string of the molecule is CC(C(=O)O)C(=O)NN1C(C)CCCC1C. The van der Waals surface area contributed by atoms with E-state index >= 15 is 0 Å². The van der Waals surface area contributed by atoms with Crippen molar-refractivity contribution in [3.05, 3.63) is 0 Å². The van der Waals surface area contributed by atoms with E-state index in [1.165, 1.54) is 6.92 Å². The summed E-state index contributed by atoms with van der Waals surface area (Å²) in [5, 5.41) is 10.6. The van der Waals surface area contributed by atoms with Gasteiger partial charge in [-0.25, -0.2) is 5.01 Å². The minimum absolute atomic E-state index is 0.272. The number of hydrogen-bond acceptors (Lipinski definition) is 3. The van der Waals surface area contributed by atoms with Crippen LogP contribution in [0.2, 0.25) is 0 Å². The van der Waals surface area contributed by atoms with Gasteiger partial charge in [0.05, 0.1) is 0 Å². The van der Waals surface area contributed by atoms with Crippen molar-refractivity contribution in [2.75, 3.05) is 0 Å². The molecule has 0 aromatic carbocycles. The third-order valence-corrected chi connectivity index (χ3v) is 3.20. The summed E-state index contributed by atoms with van der Waals surface area (Å²) in [5.74, 6) is -2.52. The van der Waals surface area contributed by atoms with E-state index in [-0.39, 0.29) is 12.1 Å². The lowest BCUT2D eigenvalue weighted by atomic mass is 10.00. The van der Waals surface area contributed by atoms with Gasteiger partial charge in [-0.05, 0) is 33.6 Å². The number of amides is 1. The minimum atomic E-state index is -1.09. The van der Waals surface area contributed by atoms with E-state index in [4.69, 9.17) is 5.11 Å². The van der Waals surface area contributed by atoms with Crippen LogP contribution < -0.4 is 5.43 Å². The van der Waals surface area contributed by atoms with Gasteiger partial charge in [0.15, 0.2) is 0 Å². The first kappa shape index (κ1) is 13.0. The number of piperidine rings is 1. The number of carboxylic acids is 1. The van der Waals surface area contributed by atoms with Gasteiger partial charge in [0.25, 0.3) is 0 Å². The lowest BCUT2D eigenvalue weighted by Gasteiger charge is -2.39. The maximum Gasteiger partial charge on any atom is 0.315 e. The van der Waals surface area contributed by atoms with Gasteiger partial charge in [0, 0.05) is 12.1 Å². The Labute approximate surface area is 95.8 Å². The van der Waals surface area contributed by atoms with Crippen LogP contribution in [-0.4, -0.2) is 34.1 Å². The number of hydrazine groups is 1. The van der Waals surface area contributed by atoms with Crippen molar-refractivity contribution in [2.24, 2.45) is 5.92 Å². The van der Waals surface area contributed by atoms with Crippen LogP contribution in [0.3, 0.4) is 0 Å². The number of nitrogens with zero attached hydrogens (tertiary/aromatic N) is 1. The van der Waals surface area contributed by atoms with Crippen molar-refractivity contribution >= 4 is 11.9 Å². The molecule has 0 bridgehead atoms. The van der Waals surface area contributed by atoms with Crippen LogP contribution in [0.5, 0.6) is 0 Å². The summed E-state index contributed by atoms with van der Waals surface area (Å²) in [7, 11) is 0. The summed E-state index contributed by atoms with van der Waals surface area (Å²) < 4.78 is 0. The van der Waals surface area contributed by atoms with Gasteiger partial charge < -0.3 is 5.11 Å². The molecule has 0 spiro atoms. The van der Waals surface area contributed by atoms with Gasteiger partial charge >= 0.3 is 5.97 Å². The molecule has 1 aliphatic heterocycles. The molecule has 1 saturated heterocycles. The number of carboxylic acid groups (broad SMARTS) is 1. The number of nitrogens with one attached hydrogen (secondary N) is 1. The molecule has 5 nitrogen and oxygen atoms in total. The second kappa shape index (κ2) is 5.30. The third-order valence-electron chi connectivity index (χ3n) is 3.20. The molecule has 0 saturated carbocycles. The predicted octanol–water partition coefficient (Wildman–Crippen LogP) is 1.00. The highest BCUT2D eigenvalue weighted by molar-refractivity contribution is 5.96. The second-order valence-corrected chi connectivity index (χ2v) is 4.57. The molecule has 1 fully saturated rings. The molecule has 0 radical (unpaired) electrons. The second-order valence-electron chi connectivity index (χ2n) is 4.57. The van der Waals surface area contributed by atoms with E-state index in [1.807, 2.05) is 18.9 Å². The monoisotopic (exact) mass is 228 g/mol. The van der Waals surface area contributed by atoms with E-state index < -0.39 is 17.8 Å². The number of rotatable bonds is 3. The summed E-state index contributed by atoms with van der Waals surface area (Å²) in [6.07, 6.45) is 3.22. The Morgan fingerprint density at radius 2 is 1.81 bits per heavy atom. The summed E-state index contributed by atoms with van der Waals surface area (Å²) in [5.41, 5.74) is 2.71. The Morgan fingerprint density at radius 1 is 1.31 bits per heavy atom. The van der Waals surface area contributed by atoms with E-state index in [1.54, 1.807) is 0 Å². The van der Waals surface area contributed by atoms with Gasteiger partial charge in [-0.2, -0.15) is 0 Å². The van der Waals surface area contributed by atoms with Crippen LogP contribution in [0.15, 0.2) is 0 Å². The third kappa shape index (κ3) is 2.95. The fraction of sp³-hybridized carbons (Fsp3) is 0.818. The van der Waals surface area contributed by atoms with Gasteiger partial charge in [0.2, 0.25) is 5.91 Å². The molecule has 1 amide bonds. The zero-order chi connectivity index (χ0) is 12.3. The summed E-state index contributed by atoms with van der Waals surface area (Å²) in [6.45, 7) is 5.49. The topological polar surface area (TPSA) is 69.6 Å². The first-order chi connectivity index (χ1) is 7.43. The highest BCUT2D eigenvalue weighted by Gasteiger charge is 2.29. The van der Waals surface area contributed by atoms with Crippen molar-refractivity contribution in [2.45, 2.75) is 52.1 Å². The average molecular weight is 228 g/mol. The molecule has 1 rings (SSSR count). The molecule has 0 aliphatic carbocycles. The molecule has 3 unspecified atom stereocenters. The Hall–Kier alpha value is -1.10.